The molecule has 0 aromatic carbocycles. The second-order valence-corrected chi connectivity index (χ2v) is 2.04. The molecule has 0 N–H and O–H groups in total. The van der Waals surface area contributed by atoms with Crippen LogP contribution in [0.2, 0.25) is 0 Å². The molecule has 0 aromatic rings. The summed E-state index contributed by atoms with van der Waals surface area (Å²) in [5.74, 6) is 0. The Morgan fingerprint density at radius 3 is 3.00 bits per heavy atom. The summed E-state index contributed by atoms with van der Waals surface area (Å²) in [6, 6.07) is 0. The first-order valence-corrected chi connectivity index (χ1v) is 3.12. The molecule has 0 spiro atoms. The number of carbonyl (C=O) groups excluding carboxylic acids is 1. The van der Waals surface area contributed by atoms with Crippen molar-refractivity contribution < 1.29 is 9.53 Å². The van der Waals surface area contributed by atoms with Gasteiger partial charge in [0, 0.05) is 6.61 Å². The van der Waals surface area contributed by atoms with Crippen LogP contribution in [-0.2, 0) is 9.53 Å². The van der Waals surface area contributed by atoms with E-state index in [0.29, 0.717) is 0 Å². The van der Waals surface area contributed by atoms with Crippen molar-refractivity contribution in [2.75, 3.05) is 6.61 Å². The average molecular weight is 127 g/mol. The second-order valence-electron chi connectivity index (χ2n) is 2.04. The van der Waals surface area contributed by atoms with Gasteiger partial charge in [-0.05, 0) is 19.3 Å². The summed E-state index contributed by atoms with van der Waals surface area (Å²) in [6.45, 7) is 0.732. The zero-order valence-electron chi connectivity index (χ0n) is 5.17. The molecule has 1 unspecified atom stereocenters. The average Bonchev–Trinajstić information content (AvgIpc) is 1.91. The van der Waals surface area contributed by atoms with Crippen molar-refractivity contribution in [1.29, 1.82) is 0 Å². The minimum absolute atomic E-state index is 0.198. The van der Waals surface area contributed by atoms with Gasteiger partial charge in [0.15, 0.2) is 6.23 Å². The molecule has 0 bridgehead atoms. The highest BCUT2D eigenvalue weighted by atomic mass is 16.5. The second kappa shape index (κ2) is 3.38. The minimum Gasteiger partial charge on any atom is -0.356 e. The molecule has 1 heterocycles. The summed E-state index contributed by atoms with van der Waals surface area (Å²) < 4.78 is 5.09. The standard InChI is InChI=1S/C6H9NO2/c8-5-7-6-3-1-2-4-9-6/h6H,1-4H2. The fraction of sp³-hybridized carbons (Fsp3) is 0.833. The molecule has 0 amide bonds. The van der Waals surface area contributed by atoms with E-state index in [-0.39, 0.29) is 6.23 Å². The van der Waals surface area contributed by atoms with Crippen LogP contribution >= 0.6 is 0 Å². The van der Waals surface area contributed by atoms with E-state index >= 15 is 0 Å². The SMILES string of the molecule is O=C=NC1CCCCO1. The summed E-state index contributed by atoms with van der Waals surface area (Å²) in [5, 5.41) is 0. The van der Waals surface area contributed by atoms with Crippen molar-refractivity contribution in [2.24, 2.45) is 4.99 Å². The van der Waals surface area contributed by atoms with Crippen LogP contribution in [0.3, 0.4) is 0 Å². The summed E-state index contributed by atoms with van der Waals surface area (Å²) in [6.07, 6.45) is 4.35. The molecule has 1 rings (SSSR count). The molecule has 3 nitrogen and oxygen atoms in total. The highest BCUT2D eigenvalue weighted by Crippen LogP contribution is 2.12. The van der Waals surface area contributed by atoms with Crippen molar-refractivity contribution in [3.05, 3.63) is 0 Å². The molecule has 3 heteroatoms. The van der Waals surface area contributed by atoms with Crippen LogP contribution in [0.4, 0.5) is 0 Å². The number of ether oxygens (including phenoxy) is 1. The third-order valence-electron chi connectivity index (χ3n) is 1.35. The number of aliphatic imine (C=N–C) groups is 1. The van der Waals surface area contributed by atoms with Gasteiger partial charge in [-0.25, -0.2) is 4.79 Å². The third-order valence-corrected chi connectivity index (χ3v) is 1.35. The molecule has 1 aliphatic rings. The number of hydrogen-bond donors (Lipinski definition) is 0. The number of isocyanates is 1. The van der Waals surface area contributed by atoms with E-state index in [1.807, 2.05) is 0 Å². The molecule has 50 valence electrons. The lowest BCUT2D eigenvalue weighted by Crippen LogP contribution is -2.15. The van der Waals surface area contributed by atoms with Gasteiger partial charge < -0.3 is 4.74 Å². The third kappa shape index (κ3) is 1.96. The maximum Gasteiger partial charge on any atom is 0.237 e. The van der Waals surface area contributed by atoms with Crippen molar-refractivity contribution in [3.8, 4) is 0 Å². The van der Waals surface area contributed by atoms with Gasteiger partial charge in [-0.15, -0.1) is 0 Å². The first-order chi connectivity index (χ1) is 4.43. The molecule has 0 saturated carbocycles. The molecule has 9 heavy (non-hydrogen) atoms. The normalized spacial score (nSPS) is 26.9. The van der Waals surface area contributed by atoms with Gasteiger partial charge in [0.1, 0.15) is 0 Å². The van der Waals surface area contributed by atoms with Crippen LogP contribution in [0.5, 0.6) is 0 Å². The Bertz CT molecular complexity index is 123. The van der Waals surface area contributed by atoms with Gasteiger partial charge in [0.05, 0.1) is 0 Å². The van der Waals surface area contributed by atoms with E-state index in [1.165, 1.54) is 6.08 Å². The van der Waals surface area contributed by atoms with Crippen LogP contribution in [0, 0.1) is 0 Å². The fourth-order valence-electron chi connectivity index (χ4n) is 0.884. The Kier molecular flexibility index (Phi) is 2.43. The van der Waals surface area contributed by atoms with E-state index in [4.69, 9.17) is 4.74 Å². The van der Waals surface area contributed by atoms with Gasteiger partial charge in [0.25, 0.3) is 0 Å². The van der Waals surface area contributed by atoms with Crippen LogP contribution < -0.4 is 0 Å². The Morgan fingerprint density at radius 1 is 1.56 bits per heavy atom. The molecule has 1 fully saturated rings. The highest BCUT2D eigenvalue weighted by molar-refractivity contribution is 5.33. The van der Waals surface area contributed by atoms with E-state index in [1.54, 1.807) is 0 Å². The number of hydrogen-bond acceptors (Lipinski definition) is 3. The molecule has 0 aromatic heterocycles. The van der Waals surface area contributed by atoms with Gasteiger partial charge in [-0.2, -0.15) is 4.99 Å². The van der Waals surface area contributed by atoms with Crippen molar-refractivity contribution in [1.82, 2.24) is 0 Å². The lowest BCUT2D eigenvalue weighted by Gasteiger charge is -2.16. The summed E-state index contributed by atoms with van der Waals surface area (Å²) in [5.41, 5.74) is 0. The maximum absolute atomic E-state index is 9.70. The maximum atomic E-state index is 9.70. The number of rotatable bonds is 1. The van der Waals surface area contributed by atoms with Crippen molar-refractivity contribution >= 4 is 6.08 Å². The fourth-order valence-corrected chi connectivity index (χ4v) is 0.884. The molecule has 0 radical (unpaired) electrons. The van der Waals surface area contributed by atoms with Gasteiger partial charge in [-0.1, -0.05) is 0 Å². The molecular formula is C6H9NO2. The van der Waals surface area contributed by atoms with Crippen LogP contribution in [-0.4, -0.2) is 18.9 Å². The van der Waals surface area contributed by atoms with Crippen LogP contribution in [0.1, 0.15) is 19.3 Å². The van der Waals surface area contributed by atoms with Crippen molar-refractivity contribution in [2.45, 2.75) is 25.5 Å². The summed E-state index contributed by atoms with van der Waals surface area (Å²) >= 11 is 0. The molecule has 1 saturated heterocycles. The van der Waals surface area contributed by atoms with Crippen LogP contribution in [0.15, 0.2) is 4.99 Å². The Labute approximate surface area is 53.7 Å². The van der Waals surface area contributed by atoms with E-state index in [0.717, 1.165) is 25.9 Å². The molecule has 1 aliphatic heterocycles. The van der Waals surface area contributed by atoms with E-state index in [9.17, 15) is 4.79 Å². The van der Waals surface area contributed by atoms with E-state index in [2.05, 4.69) is 4.99 Å². The largest absolute Gasteiger partial charge is 0.356 e. The molecule has 0 aliphatic carbocycles. The van der Waals surface area contributed by atoms with Crippen LogP contribution in [0.25, 0.3) is 0 Å². The first-order valence-electron chi connectivity index (χ1n) is 3.12. The first kappa shape index (κ1) is 6.46. The Hall–Kier alpha value is -0.660. The minimum atomic E-state index is -0.198. The molecule has 1 atom stereocenters. The van der Waals surface area contributed by atoms with Gasteiger partial charge in [-0.3, -0.25) is 0 Å². The number of nitrogens with zero attached hydrogens (tertiary/aromatic N) is 1. The van der Waals surface area contributed by atoms with E-state index < -0.39 is 0 Å². The molecular weight excluding hydrogens is 118 g/mol. The monoisotopic (exact) mass is 127 g/mol. The Balaban J connectivity index is 2.31. The predicted octanol–water partition coefficient (Wildman–Crippen LogP) is 0.849. The lowest BCUT2D eigenvalue weighted by molar-refractivity contribution is 0.0223. The van der Waals surface area contributed by atoms with Crippen molar-refractivity contribution in [3.63, 3.8) is 0 Å². The predicted molar refractivity (Wildman–Crippen MR) is 31.7 cm³/mol. The summed E-state index contributed by atoms with van der Waals surface area (Å²) in [7, 11) is 0. The smallest absolute Gasteiger partial charge is 0.237 e. The summed E-state index contributed by atoms with van der Waals surface area (Å²) in [4.78, 5) is 13.2. The van der Waals surface area contributed by atoms with Gasteiger partial charge >= 0.3 is 0 Å². The zero-order valence-corrected chi connectivity index (χ0v) is 5.17. The lowest BCUT2D eigenvalue weighted by atomic mass is 10.2. The Morgan fingerprint density at radius 2 is 2.44 bits per heavy atom. The highest BCUT2D eigenvalue weighted by Gasteiger charge is 2.10. The quantitative estimate of drug-likeness (QED) is 0.387. The van der Waals surface area contributed by atoms with Gasteiger partial charge in [0.2, 0.25) is 6.08 Å². The topological polar surface area (TPSA) is 38.7 Å². The zero-order chi connectivity index (χ0) is 6.53.